The summed E-state index contributed by atoms with van der Waals surface area (Å²) in [4.78, 5) is 3.40. The van der Waals surface area contributed by atoms with Gasteiger partial charge in [-0.25, -0.2) is 0 Å². The van der Waals surface area contributed by atoms with Gasteiger partial charge in [0, 0.05) is 16.8 Å². The second kappa shape index (κ2) is 4.63. The number of rotatable bonds is 3. The van der Waals surface area contributed by atoms with Gasteiger partial charge in [0.05, 0.1) is 32.4 Å². The molecule has 0 saturated heterocycles. The zero-order valence-corrected chi connectivity index (χ0v) is 12.0. The van der Waals surface area contributed by atoms with Gasteiger partial charge in [-0.1, -0.05) is 12.1 Å². The van der Waals surface area contributed by atoms with Crippen LogP contribution in [0.25, 0.3) is 21.8 Å². The van der Waals surface area contributed by atoms with Gasteiger partial charge in [0.25, 0.3) is 0 Å². The van der Waals surface area contributed by atoms with Gasteiger partial charge in [0.2, 0.25) is 0 Å². The Morgan fingerprint density at radius 2 is 1.65 bits per heavy atom. The molecule has 0 atom stereocenters. The highest BCUT2D eigenvalue weighted by Gasteiger charge is 2.15. The second-order valence-corrected chi connectivity index (χ2v) is 4.72. The first kappa shape index (κ1) is 12.7. The Morgan fingerprint density at radius 1 is 0.850 bits per heavy atom. The monoisotopic (exact) mass is 271 g/mol. The van der Waals surface area contributed by atoms with Crippen molar-refractivity contribution in [2.75, 3.05) is 21.3 Å². The zero-order chi connectivity index (χ0) is 14.3. The van der Waals surface area contributed by atoms with Crippen LogP contribution in [0.4, 0.5) is 0 Å². The van der Waals surface area contributed by atoms with Gasteiger partial charge >= 0.3 is 0 Å². The van der Waals surface area contributed by atoms with Gasteiger partial charge in [-0.05, 0) is 18.6 Å². The summed E-state index contributed by atoms with van der Waals surface area (Å²) in [7, 11) is 4.99. The topological polar surface area (TPSA) is 43.5 Å². The zero-order valence-electron chi connectivity index (χ0n) is 12.0. The van der Waals surface area contributed by atoms with Crippen molar-refractivity contribution in [3.8, 4) is 17.2 Å². The fraction of sp³-hybridized carbons (Fsp3) is 0.250. The molecule has 0 bridgehead atoms. The molecule has 0 aliphatic carbocycles. The van der Waals surface area contributed by atoms with E-state index >= 15 is 0 Å². The summed E-state index contributed by atoms with van der Waals surface area (Å²) in [5, 5.41) is 2.16. The number of fused-ring (bicyclic) bond motifs is 3. The molecule has 0 aliphatic rings. The maximum atomic E-state index is 5.51. The molecule has 1 aromatic heterocycles. The standard InChI is InChI=1S/C16H17NO3/c1-9-5-6-11-12-7-10(18-2)8-13(19-3)14(12)17-15(11)16(9)20-4/h5-8,17H,1-4H3. The summed E-state index contributed by atoms with van der Waals surface area (Å²) >= 11 is 0. The Kier molecular flexibility index (Phi) is 2.93. The second-order valence-electron chi connectivity index (χ2n) is 4.72. The Morgan fingerprint density at radius 3 is 2.30 bits per heavy atom. The van der Waals surface area contributed by atoms with E-state index in [1.807, 2.05) is 19.1 Å². The molecule has 104 valence electrons. The van der Waals surface area contributed by atoms with E-state index in [9.17, 15) is 0 Å². The van der Waals surface area contributed by atoms with Gasteiger partial charge in [0.1, 0.15) is 17.2 Å². The summed E-state index contributed by atoms with van der Waals surface area (Å²) in [5.41, 5.74) is 3.03. The minimum Gasteiger partial charge on any atom is -0.497 e. The number of aryl methyl sites for hydroxylation is 1. The number of nitrogens with one attached hydrogen (secondary N) is 1. The average Bonchev–Trinajstić information content (AvgIpc) is 2.84. The van der Waals surface area contributed by atoms with E-state index in [1.54, 1.807) is 21.3 Å². The number of hydrogen-bond donors (Lipinski definition) is 1. The molecule has 3 rings (SSSR count). The van der Waals surface area contributed by atoms with E-state index in [2.05, 4.69) is 17.1 Å². The Hall–Kier alpha value is -2.36. The predicted molar refractivity (Wildman–Crippen MR) is 80.2 cm³/mol. The van der Waals surface area contributed by atoms with Crippen molar-refractivity contribution in [3.63, 3.8) is 0 Å². The predicted octanol–water partition coefficient (Wildman–Crippen LogP) is 3.66. The van der Waals surface area contributed by atoms with Crippen LogP contribution in [-0.2, 0) is 0 Å². The van der Waals surface area contributed by atoms with Crippen LogP contribution >= 0.6 is 0 Å². The first-order valence-corrected chi connectivity index (χ1v) is 6.40. The average molecular weight is 271 g/mol. The molecule has 1 N–H and O–H groups in total. The third-order valence-electron chi connectivity index (χ3n) is 3.63. The number of benzene rings is 2. The van der Waals surface area contributed by atoms with Crippen molar-refractivity contribution in [2.24, 2.45) is 0 Å². The summed E-state index contributed by atoms with van der Waals surface area (Å²) in [6, 6.07) is 8.02. The molecule has 2 aromatic carbocycles. The molecule has 0 radical (unpaired) electrons. The van der Waals surface area contributed by atoms with Crippen molar-refractivity contribution in [1.29, 1.82) is 0 Å². The highest BCUT2D eigenvalue weighted by Crippen LogP contribution is 2.39. The first-order chi connectivity index (χ1) is 9.69. The van der Waals surface area contributed by atoms with Crippen molar-refractivity contribution < 1.29 is 14.2 Å². The van der Waals surface area contributed by atoms with Crippen molar-refractivity contribution >= 4 is 21.8 Å². The van der Waals surface area contributed by atoms with Crippen molar-refractivity contribution in [3.05, 3.63) is 29.8 Å². The number of methoxy groups -OCH3 is 3. The van der Waals surface area contributed by atoms with Crippen LogP contribution in [0.2, 0.25) is 0 Å². The number of aromatic nitrogens is 1. The third-order valence-corrected chi connectivity index (χ3v) is 3.63. The summed E-state index contributed by atoms with van der Waals surface area (Å²) in [5.74, 6) is 2.39. The van der Waals surface area contributed by atoms with E-state index in [0.29, 0.717) is 0 Å². The van der Waals surface area contributed by atoms with Crippen LogP contribution in [0.1, 0.15) is 5.56 Å². The normalized spacial score (nSPS) is 11.0. The van der Waals surface area contributed by atoms with Crippen LogP contribution in [0, 0.1) is 6.92 Å². The largest absolute Gasteiger partial charge is 0.497 e. The molecule has 1 heterocycles. The molecule has 4 nitrogen and oxygen atoms in total. The molecular formula is C16H17NO3. The Balaban J connectivity index is 2.47. The van der Waals surface area contributed by atoms with Gasteiger partial charge < -0.3 is 19.2 Å². The van der Waals surface area contributed by atoms with E-state index in [4.69, 9.17) is 14.2 Å². The highest BCUT2D eigenvalue weighted by molar-refractivity contribution is 6.11. The lowest BCUT2D eigenvalue weighted by atomic mass is 10.1. The molecule has 4 heteroatoms. The van der Waals surface area contributed by atoms with Gasteiger partial charge in [-0.2, -0.15) is 0 Å². The van der Waals surface area contributed by atoms with E-state index in [0.717, 1.165) is 44.6 Å². The lowest BCUT2D eigenvalue weighted by Gasteiger charge is -2.05. The van der Waals surface area contributed by atoms with E-state index < -0.39 is 0 Å². The first-order valence-electron chi connectivity index (χ1n) is 6.40. The molecule has 0 fully saturated rings. The third kappa shape index (κ3) is 1.68. The van der Waals surface area contributed by atoms with Gasteiger partial charge in [-0.3, -0.25) is 0 Å². The van der Waals surface area contributed by atoms with Crippen LogP contribution < -0.4 is 14.2 Å². The van der Waals surface area contributed by atoms with Gasteiger partial charge in [-0.15, -0.1) is 0 Å². The van der Waals surface area contributed by atoms with Crippen LogP contribution in [0.3, 0.4) is 0 Å². The number of ether oxygens (including phenoxy) is 3. The molecular weight excluding hydrogens is 254 g/mol. The van der Waals surface area contributed by atoms with E-state index in [1.165, 1.54) is 0 Å². The van der Waals surface area contributed by atoms with Crippen LogP contribution in [-0.4, -0.2) is 26.3 Å². The lowest BCUT2D eigenvalue weighted by Crippen LogP contribution is -1.88. The maximum absolute atomic E-state index is 5.51. The fourth-order valence-corrected chi connectivity index (χ4v) is 2.63. The summed E-state index contributed by atoms with van der Waals surface area (Å²) in [6.45, 7) is 2.03. The van der Waals surface area contributed by atoms with Crippen molar-refractivity contribution in [2.45, 2.75) is 6.92 Å². The van der Waals surface area contributed by atoms with Crippen LogP contribution in [0.15, 0.2) is 24.3 Å². The minimum atomic E-state index is 0.759. The number of H-pyrrole nitrogens is 1. The molecule has 0 amide bonds. The minimum absolute atomic E-state index is 0.759. The van der Waals surface area contributed by atoms with Gasteiger partial charge in [0.15, 0.2) is 0 Å². The maximum Gasteiger partial charge on any atom is 0.146 e. The molecule has 3 aromatic rings. The van der Waals surface area contributed by atoms with Crippen LogP contribution in [0.5, 0.6) is 17.2 Å². The number of hydrogen-bond acceptors (Lipinski definition) is 3. The molecule has 0 unspecified atom stereocenters. The molecule has 20 heavy (non-hydrogen) atoms. The molecule has 0 saturated carbocycles. The Bertz CT molecular complexity index is 789. The molecule has 0 aliphatic heterocycles. The highest BCUT2D eigenvalue weighted by atomic mass is 16.5. The Labute approximate surface area is 117 Å². The SMILES string of the molecule is COc1cc(OC)c2[nH]c3c(OC)c(C)ccc3c2c1. The fourth-order valence-electron chi connectivity index (χ4n) is 2.63. The lowest BCUT2D eigenvalue weighted by molar-refractivity contribution is 0.397. The summed E-state index contributed by atoms with van der Waals surface area (Å²) < 4.78 is 16.3. The smallest absolute Gasteiger partial charge is 0.146 e. The number of aromatic amines is 1. The molecule has 0 spiro atoms. The summed E-state index contributed by atoms with van der Waals surface area (Å²) in [6.07, 6.45) is 0. The quantitative estimate of drug-likeness (QED) is 0.790. The van der Waals surface area contributed by atoms with Crippen molar-refractivity contribution in [1.82, 2.24) is 4.98 Å². The van der Waals surface area contributed by atoms with E-state index in [-0.39, 0.29) is 0 Å².